The maximum Gasteiger partial charge on any atom is 0.0184 e. The van der Waals surface area contributed by atoms with E-state index in [9.17, 15) is 0 Å². The van der Waals surface area contributed by atoms with Crippen LogP contribution in [0.2, 0.25) is 0 Å². The van der Waals surface area contributed by atoms with E-state index >= 15 is 0 Å². The maximum absolute atomic E-state index is 3.65. The van der Waals surface area contributed by atoms with Crippen LogP contribution in [-0.2, 0) is 10.8 Å². The van der Waals surface area contributed by atoms with Crippen molar-refractivity contribution >= 4 is 15.9 Å². The summed E-state index contributed by atoms with van der Waals surface area (Å²) < 4.78 is 1.14. The number of halogens is 1. The van der Waals surface area contributed by atoms with Crippen molar-refractivity contribution in [3.8, 4) is 11.1 Å². The minimum atomic E-state index is 0.157. The van der Waals surface area contributed by atoms with Crippen LogP contribution in [-0.4, -0.2) is 0 Å². The van der Waals surface area contributed by atoms with E-state index in [0.29, 0.717) is 0 Å². The maximum atomic E-state index is 3.65. The Labute approximate surface area is 137 Å². The van der Waals surface area contributed by atoms with Gasteiger partial charge in [-0.05, 0) is 45.2 Å². The van der Waals surface area contributed by atoms with Crippen molar-refractivity contribution in [2.75, 3.05) is 0 Å². The van der Waals surface area contributed by atoms with Gasteiger partial charge in [-0.2, -0.15) is 0 Å². The van der Waals surface area contributed by atoms with E-state index in [-0.39, 0.29) is 10.8 Å². The van der Waals surface area contributed by atoms with Crippen LogP contribution in [0.4, 0.5) is 0 Å². The van der Waals surface area contributed by atoms with Crippen LogP contribution >= 0.6 is 15.9 Å². The lowest BCUT2D eigenvalue weighted by atomic mass is 9.84. The number of hydrogen-bond donors (Lipinski definition) is 0. The molecular weight excluding hydrogens is 320 g/mol. The molecule has 1 heteroatoms. The molecule has 2 rings (SSSR count). The molecule has 112 valence electrons. The second kappa shape index (κ2) is 5.61. The zero-order chi connectivity index (χ0) is 15.8. The first-order valence-corrected chi connectivity index (χ1v) is 8.29. The molecule has 2 aromatic rings. The van der Waals surface area contributed by atoms with E-state index in [1.807, 2.05) is 0 Å². The quantitative estimate of drug-likeness (QED) is 0.539. The highest BCUT2D eigenvalue weighted by Crippen LogP contribution is 2.32. The summed E-state index contributed by atoms with van der Waals surface area (Å²) in [6.45, 7) is 13.5. The van der Waals surface area contributed by atoms with Crippen molar-refractivity contribution in [1.29, 1.82) is 0 Å². The summed E-state index contributed by atoms with van der Waals surface area (Å²) in [4.78, 5) is 0. The predicted molar refractivity (Wildman–Crippen MR) is 97.0 cm³/mol. The summed E-state index contributed by atoms with van der Waals surface area (Å²) in [5, 5.41) is 0. The lowest BCUT2D eigenvalue weighted by Gasteiger charge is -2.21. The van der Waals surface area contributed by atoms with Crippen LogP contribution in [0.15, 0.2) is 46.9 Å². The van der Waals surface area contributed by atoms with Gasteiger partial charge in [-0.25, -0.2) is 0 Å². The molecule has 0 aliphatic heterocycles. The smallest absolute Gasteiger partial charge is 0.0184 e. The van der Waals surface area contributed by atoms with Crippen LogP contribution in [0, 0.1) is 0 Å². The molecule has 0 fully saturated rings. The molecule has 0 saturated carbocycles. The zero-order valence-corrected chi connectivity index (χ0v) is 15.5. The fourth-order valence-electron chi connectivity index (χ4n) is 2.35. The van der Waals surface area contributed by atoms with Gasteiger partial charge >= 0.3 is 0 Å². The zero-order valence-electron chi connectivity index (χ0n) is 13.9. The summed E-state index contributed by atoms with van der Waals surface area (Å²) in [6, 6.07) is 15.7. The molecule has 0 radical (unpaired) electrons. The van der Waals surface area contributed by atoms with Crippen molar-refractivity contribution < 1.29 is 0 Å². The third-order valence-electron chi connectivity index (χ3n) is 3.85. The van der Waals surface area contributed by atoms with Crippen LogP contribution in [0.1, 0.15) is 52.7 Å². The predicted octanol–water partition coefficient (Wildman–Crippen LogP) is 6.71. The average molecular weight is 345 g/mol. The van der Waals surface area contributed by atoms with Crippen LogP contribution < -0.4 is 0 Å². The molecule has 0 aliphatic rings. The van der Waals surface area contributed by atoms with Crippen molar-refractivity contribution in [3.63, 3.8) is 0 Å². The average Bonchev–Trinajstić information content (AvgIpc) is 2.36. The number of rotatable bonds is 1. The molecule has 0 unspecified atom stereocenters. The summed E-state index contributed by atoms with van der Waals surface area (Å²) in [7, 11) is 0. The third-order valence-corrected chi connectivity index (χ3v) is 4.31. The van der Waals surface area contributed by atoms with Gasteiger partial charge in [-0.3, -0.25) is 0 Å². The fourth-order valence-corrected chi connectivity index (χ4v) is 2.85. The van der Waals surface area contributed by atoms with Gasteiger partial charge in [0, 0.05) is 4.47 Å². The summed E-state index contributed by atoms with van der Waals surface area (Å²) in [5.41, 5.74) is 5.63. The second-order valence-corrected chi connectivity index (χ2v) is 8.72. The minimum Gasteiger partial charge on any atom is -0.0579 e. The molecule has 0 bridgehead atoms. The summed E-state index contributed by atoms with van der Waals surface area (Å²) in [6.07, 6.45) is 0. The largest absolute Gasteiger partial charge is 0.0579 e. The number of hydrogen-bond acceptors (Lipinski definition) is 0. The Morgan fingerprint density at radius 3 is 1.62 bits per heavy atom. The highest BCUT2D eigenvalue weighted by Gasteiger charge is 2.16. The Hall–Kier alpha value is -1.08. The lowest BCUT2D eigenvalue weighted by Crippen LogP contribution is -2.11. The number of benzene rings is 2. The highest BCUT2D eigenvalue weighted by atomic mass is 79.9. The monoisotopic (exact) mass is 344 g/mol. The van der Waals surface area contributed by atoms with Crippen molar-refractivity contribution in [3.05, 3.63) is 58.1 Å². The minimum absolute atomic E-state index is 0.157. The van der Waals surface area contributed by atoms with Gasteiger partial charge < -0.3 is 0 Å². The Balaban J connectivity index is 2.45. The van der Waals surface area contributed by atoms with Gasteiger partial charge in [0.2, 0.25) is 0 Å². The van der Waals surface area contributed by atoms with Crippen molar-refractivity contribution in [1.82, 2.24) is 0 Å². The fraction of sp³-hybridized carbons (Fsp3) is 0.400. The molecule has 0 heterocycles. The first kappa shape index (κ1) is 16.3. The van der Waals surface area contributed by atoms with E-state index in [1.54, 1.807) is 0 Å². The molecule has 0 atom stereocenters. The summed E-state index contributed by atoms with van der Waals surface area (Å²) in [5.74, 6) is 0. The molecular formula is C20H25Br. The van der Waals surface area contributed by atoms with Crippen LogP contribution in [0.3, 0.4) is 0 Å². The van der Waals surface area contributed by atoms with E-state index < -0.39 is 0 Å². The summed E-state index contributed by atoms with van der Waals surface area (Å²) >= 11 is 3.65. The molecule has 0 nitrogen and oxygen atoms in total. The molecule has 0 aromatic heterocycles. The van der Waals surface area contributed by atoms with Gasteiger partial charge in [-0.1, -0.05) is 87.8 Å². The first-order chi connectivity index (χ1) is 9.57. The van der Waals surface area contributed by atoms with E-state index in [0.717, 1.165) is 4.47 Å². The lowest BCUT2D eigenvalue weighted by molar-refractivity contribution is 0.590. The van der Waals surface area contributed by atoms with E-state index in [4.69, 9.17) is 0 Å². The molecule has 0 N–H and O–H groups in total. The molecule has 0 saturated heterocycles. The van der Waals surface area contributed by atoms with Gasteiger partial charge in [0.1, 0.15) is 0 Å². The topological polar surface area (TPSA) is 0 Å². The van der Waals surface area contributed by atoms with Crippen molar-refractivity contribution in [2.45, 2.75) is 52.4 Å². The molecule has 21 heavy (non-hydrogen) atoms. The van der Waals surface area contributed by atoms with Gasteiger partial charge in [0.05, 0.1) is 0 Å². The van der Waals surface area contributed by atoms with Crippen LogP contribution in [0.5, 0.6) is 0 Å². The van der Waals surface area contributed by atoms with Crippen LogP contribution in [0.25, 0.3) is 11.1 Å². The standard InChI is InChI=1S/C20H25Br/c1-19(2,3)16-9-7-14(8-10-16)15-11-17(20(4,5)6)13-18(21)12-15/h7-13H,1-6H3. The SMILES string of the molecule is CC(C)(C)c1ccc(-c2cc(Br)cc(C(C)(C)C)c2)cc1. The van der Waals surface area contributed by atoms with E-state index in [2.05, 4.69) is 99.9 Å². The first-order valence-electron chi connectivity index (χ1n) is 7.49. The van der Waals surface area contributed by atoms with Gasteiger partial charge in [0.15, 0.2) is 0 Å². The molecule has 2 aromatic carbocycles. The molecule has 0 amide bonds. The van der Waals surface area contributed by atoms with Gasteiger partial charge in [0.25, 0.3) is 0 Å². The third kappa shape index (κ3) is 3.97. The molecule has 0 aliphatic carbocycles. The Morgan fingerprint density at radius 1 is 0.619 bits per heavy atom. The Kier molecular flexibility index (Phi) is 4.35. The van der Waals surface area contributed by atoms with E-state index in [1.165, 1.54) is 22.3 Å². The van der Waals surface area contributed by atoms with Gasteiger partial charge in [-0.15, -0.1) is 0 Å². The molecule has 0 spiro atoms. The normalized spacial score (nSPS) is 12.5. The Bertz CT molecular complexity index is 622. The van der Waals surface area contributed by atoms with Crippen molar-refractivity contribution in [2.24, 2.45) is 0 Å². The second-order valence-electron chi connectivity index (χ2n) is 7.81. The highest BCUT2D eigenvalue weighted by molar-refractivity contribution is 9.10. The Morgan fingerprint density at radius 2 is 1.14 bits per heavy atom.